The van der Waals surface area contributed by atoms with Crippen LogP contribution >= 0.6 is 0 Å². The molecule has 0 unspecified atom stereocenters. The van der Waals surface area contributed by atoms with E-state index in [-0.39, 0.29) is 17.0 Å². The quantitative estimate of drug-likeness (QED) is 0.358. The molecule has 0 aromatic rings. The van der Waals surface area contributed by atoms with Crippen molar-refractivity contribution in [2.24, 2.45) is 11.1 Å². The average Bonchev–Trinajstić information content (AvgIpc) is 1.93. The van der Waals surface area contributed by atoms with Gasteiger partial charge in [-0.1, -0.05) is 20.8 Å². The Morgan fingerprint density at radius 2 is 1.93 bits per heavy atom. The number of sulfonamides is 1. The third kappa shape index (κ3) is 9.68. The fourth-order valence-corrected chi connectivity index (χ4v) is 2.83. The van der Waals surface area contributed by atoms with Gasteiger partial charge in [-0.25, -0.2) is 13.1 Å². The lowest BCUT2D eigenvalue weighted by Gasteiger charge is -2.18. The molecule has 0 aliphatic carbocycles. The summed E-state index contributed by atoms with van der Waals surface area (Å²) in [6.07, 6.45) is 0.997. The Labute approximate surface area is 92.0 Å². The number of hydrogen-bond acceptors (Lipinski definition) is 3. The van der Waals surface area contributed by atoms with E-state index < -0.39 is 10.0 Å². The molecule has 4 N–H and O–H groups in total. The van der Waals surface area contributed by atoms with Gasteiger partial charge in [0.15, 0.2) is 0 Å². The van der Waals surface area contributed by atoms with Crippen LogP contribution in [-0.2, 0) is 10.0 Å². The van der Waals surface area contributed by atoms with E-state index in [9.17, 15) is 8.42 Å². The maximum Gasteiger partial charge on any atom is 0.212 e. The standard InChI is InChI=1S/C9H21N3O2S/c1-9(2,3)7-15(13,14)12-6-4-5-8(10)11/h12H,4-7H2,1-3H3,(H3,10,11). The second-order valence-electron chi connectivity index (χ2n) is 4.84. The van der Waals surface area contributed by atoms with Crippen LogP contribution in [0.5, 0.6) is 0 Å². The van der Waals surface area contributed by atoms with E-state index in [0.717, 1.165) is 0 Å². The third-order valence-electron chi connectivity index (χ3n) is 1.57. The average molecular weight is 235 g/mol. The number of amidine groups is 1. The van der Waals surface area contributed by atoms with Crippen molar-refractivity contribution in [2.75, 3.05) is 12.3 Å². The molecule has 15 heavy (non-hydrogen) atoms. The van der Waals surface area contributed by atoms with E-state index in [4.69, 9.17) is 11.1 Å². The highest BCUT2D eigenvalue weighted by molar-refractivity contribution is 7.89. The summed E-state index contributed by atoms with van der Waals surface area (Å²) >= 11 is 0. The second-order valence-corrected chi connectivity index (χ2v) is 6.65. The van der Waals surface area contributed by atoms with Crippen molar-refractivity contribution in [1.29, 1.82) is 5.41 Å². The highest BCUT2D eigenvalue weighted by Crippen LogP contribution is 2.15. The number of nitrogens with two attached hydrogens (primary N) is 1. The lowest BCUT2D eigenvalue weighted by atomic mass is 10.0. The Bertz CT molecular complexity index is 304. The van der Waals surface area contributed by atoms with Gasteiger partial charge in [-0.3, -0.25) is 5.41 Å². The zero-order valence-electron chi connectivity index (χ0n) is 9.63. The minimum absolute atomic E-state index is 0.0880. The van der Waals surface area contributed by atoms with Crippen LogP contribution < -0.4 is 10.5 Å². The summed E-state index contributed by atoms with van der Waals surface area (Å²) in [5, 5.41) is 6.97. The van der Waals surface area contributed by atoms with Crippen LogP contribution in [0.25, 0.3) is 0 Å². The molecule has 0 aliphatic rings. The fourth-order valence-electron chi connectivity index (χ4n) is 1.13. The van der Waals surface area contributed by atoms with Gasteiger partial charge in [0.25, 0.3) is 0 Å². The van der Waals surface area contributed by atoms with Crippen molar-refractivity contribution >= 4 is 15.9 Å². The van der Waals surface area contributed by atoms with Crippen LogP contribution in [0.15, 0.2) is 0 Å². The molecule has 0 rings (SSSR count). The van der Waals surface area contributed by atoms with Gasteiger partial charge in [-0.05, 0) is 11.8 Å². The van der Waals surface area contributed by atoms with Crippen LogP contribution in [0, 0.1) is 10.8 Å². The summed E-state index contributed by atoms with van der Waals surface area (Å²) in [4.78, 5) is 0. The molecule has 5 nitrogen and oxygen atoms in total. The summed E-state index contributed by atoms with van der Waals surface area (Å²) in [5.74, 6) is 0.199. The molecule has 0 saturated heterocycles. The first kappa shape index (κ1) is 14.4. The van der Waals surface area contributed by atoms with Crippen molar-refractivity contribution in [3.8, 4) is 0 Å². The summed E-state index contributed by atoms with van der Waals surface area (Å²) in [7, 11) is -3.20. The van der Waals surface area contributed by atoms with Gasteiger partial charge in [-0.15, -0.1) is 0 Å². The molecule has 0 aliphatic heterocycles. The van der Waals surface area contributed by atoms with Gasteiger partial charge in [0, 0.05) is 13.0 Å². The number of hydrogen-bond donors (Lipinski definition) is 3. The predicted molar refractivity (Wildman–Crippen MR) is 62.4 cm³/mol. The summed E-state index contributed by atoms with van der Waals surface area (Å²) in [5.41, 5.74) is 4.91. The Morgan fingerprint density at radius 1 is 1.40 bits per heavy atom. The van der Waals surface area contributed by atoms with Crippen LogP contribution in [0.1, 0.15) is 33.6 Å². The van der Waals surface area contributed by atoms with E-state index in [1.54, 1.807) is 0 Å². The lowest BCUT2D eigenvalue weighted by Crippen LogP contribution is -2.33. The van der Waals surface area contributed by atoms with Gasteiger partial charge in [0.1, 0.15) is 0 Å². The zero-order valence-corrected chi connectivity index (χ0v) is 10.4. The largest absolute Gasteiger partial charge is 0.388 e. The van der Waals surface area contributed by atoms with Gasteiger partial charge in [-0.2, -0.15) is 0 Å². The SMILES string of the molecule is CC(C)(C)CS(=O)(=O)NCCCC(=N)N. The molecule has 0 atom stereocenters. The van der Waals surface area contributed by atoms with Crippen molar-refractivity contribution < 1.29 is 8.42 Å². The summed E-state index contributed by atoms with van der Waals surface area (Å²) in [6, 6.07) is 0. The molecule has 0 radical (unpaired) electrons. The normalized spacial score (nSPS) is 12.7. The van der Waals surface area contributed by atoms with Crippen molar-refractivity contribution in [1.82, 2.24) is 4.72 Å². The summed E-state index contributed by atoms with van der Waals surface area (Å²) < 4.78 is 25.5. The van der Waals surface area contributed by atoms with Crippen molar-refractivity contribution in [3.63, 3.8) is 0 Å². The van der Waals surface area contributed by atoms with Gasteiger partial charge in [0.2, 0.25) is 10.0 Å². The minimum atomic E-state index is -3.20. The Hall–Kier alpha value is -0.620. The maximum atomic E-state index is 11.5. The van der Waals surface area contributed by atoms with Crippen molar-refractivity contribution in [2.45, 2.75) is 33.6 Å². The van der Waals surface area contributed by atoms with E-state index in [0.29, 0.717) is 19.4 Å². The Kier molecular flexibility index (Phi) is 5.23. The smallest absolute Gasteiger partial charge is 0.212 e. The highest BCUT2D eigenvalue weighted by atomic mass is 32.2. The molecule has 90 valence electrons. The van der Waals surface area contributed by atoms with E-state index in [1.807, 2.05) is 20.8 Å². The van der Waals surface area contributed by atoms with Crippen LogP contribution in [0.3, 0.4) is 0 Å². The van der Waals surface area contributed by atoms with Crippen molar-refractivity contribution in [3.05, 3.63) is 0 Å². The fraction of sp³-hybridized carbons (Fsp3) is 0.889. The third-order valence-corrected chi connectivity index (χ3v) is 3.46. The molecule has 0 aromatic carbocycles. The molecule has 0 spiro atoms. The molecular weight excluding hydrogens is 214 g/mol. The molecule has 6 heteroatoms. The Morgan fingerprint density at radius 3 is 2.33 bits per heavy atom. The topological polar surface area (TPSA) is 96.0 Å². The molecular formula is C9H21N3O2S. The molecule has 0 amide bonds. The highest BCUT2D eigenvalue weighted by Gasteiger charge is 2.20. The number of rotatable bonds is 6. The molecule has 0 heterocycles. The zero-order chi connectivity index (χ0) is 12.1. The Balaban J connectivity index is 3.91. The monoisotopic (exact) mass is 235 g/mol. The lowest BCUT2D eigenvalue weighted by molar-refractivity contribution is 0.458. The molecule has 0 fully saturated rings. The predicted octanol–water partition coefficient (Wildman–Crippen LogP) is 0.668. The molecule has 0 saturated carbocycles. The van der Waals surface area contributed by atoms with Gasteiger partial charge < -0.3 is 5.73 Å². The first-order valence-electron chi connectivity index (χ1n) is 4.93. The van der Waals surface area contributed by atoms with Gasteiger partial charge >= 0.3 is 0 Å². The van der Waals surface area contributed by atoms with Crippen LogP contribution in [0.2, 0.25) is 0 Å². The second kappa shape index (κ2) is 5.46. The van der Waals surface area contributed by atoms with Gasteiger partial charge in [0.05, 0.1) is 11.6 Å². The number of nitrogens with one attached hydrogen (secondary N) is 2. The van der Waals surface area contributed by atoms with E-state index >= 15 is 0 Å². The molecule has 0 bridgehead atoms. The minimum Gasteiger partial charge on any atom is -0.388 e. The van der Waals surface area contributed by atoms with E-state index in [2.05, 4.69) is 4.72 Å². The maximum absolute atomic E-state index is 11.5. The van der Waals surface area contributed by atoms with Crippen LogP contribution in [0.4, 0.5) is 0 Å². The van der Waals surface area contributed by atoms with Crippen LogP contribution in [-0.4, -0.2) is 26.6 Å². The summed E-state index contributed by atoms with van der Waals surface area (Å²) in [6.45, 7) is 5.98. The first-order valence-corrected chi connectivity index (χ1v) is 6.58. The molecule has 0 aromatic heterocycles. The first-order chi connectivity index (χ1) is 6.62. The van der Waals surface area contributed by atoms with E-state index in [1.165, 1.54) is 0 Å².